The first-order chi connectivity index (χ1) is 16.0. The van der Waals surface area contributed by atoms with Crippen LogP contribution >= 0.6 is 0 Å². The van der Waals surface area contributed by atoms with E-state index in [1.165, 1.54) is 0 Å². The maximum atomic E-state index is 12.6. The van der Waals surface area contributed by atoms with Gasteiger partial charge in [0.25, 0.3) is 5.91 Å². The van der Waals surface area contributed by atoms with Gasteiger partial charge in [-0.05, 0) is 44.2 Å². The topological polar surface area (TPSA) is 101 Å². The average Bonchev–Trinajstić information content (AvgIpc) is 2.84. The lowest BCUT2D eigenvalue weighted by molar-refractivity contribution is -0.138. The maximum absolute atomic E-state index is 12.6. The Hall–Kier alpha value is -3.62. The summed E-state index contributed by atoms with van der Waals surface area (Å²) in [5.41, 5.74) is 1.12. The zero-order valence-electron chi connectivity index (χ0n) is 19.1. The molecule has 0 atom stereocenters. The first-order valence-electron chi connectivity index (χ1n) is 11.1. The van der Waals surface area contributed by atoms with Crippen LogP contribution in [0.4, 0.5) is 0 Å². The molecule has 33 heavy (non-hydrogen) atoms. The Morgan fingerprint density at radius 1 is 0.909 bits per heavy atom. The van der Waals surface area contributed by atoms with E-state index in [1.807, 2.05) is 32.0 Å². The van der Waals surface area contributed by atoms with E-state index in [9.17, 15) is 14.4 Å². The third kappa shape index (κ3) is 6.68. The van der Waals surface area contributed by atoms with Gasteiger partial charge < -0.3 is 24.6 Å². The van der Waals surface area contributed by atoms with Gasteiger partial charge in [0.15, 0.2) is 11.5 Å². The first kappa shape index (κ1) is 24.0. The molecule has 1 aliphatic rings. The lowest BCUT2D eigenvalue weighted by Gasteiger charge is -2.34. The van der Waals surface area contributed by atoms with Gasteiger partial charge in [0.1, 0.15) is 0 Å². The summed E-state index contributed by atoms with van der Waals surface area (Å²) in [6, 6.07) is 10.4. The maximum Gasteiger partial charge on any atom is 0.251 e. The molecule has 0 unspecified atom stereocenters. The van der Waals surface area contributed by atoms with Crippen molar-refractivity contribution in [2.24, 2.45) is 0 Å². The third-order valence-electron chi connectivity index (χ3n) is 5.25. The summed E-state index contributed by atoms with van der Waals surface area (Å²) in [5.74, 6) is 0.509. The molecule has 1 aliphatic heterocycles. The van der Waals surface area contributed by atoms with Crippen molar-refractivity contribution >= 4 is 17.7 Å². The van der Waals surface area contributed by atoms with E-state index in [2.05, 4.69) is 10.3 Å². The highest BCUT2D eigenvalue weighted by atomic mass is 16.5. The first-order valence-corrected chi connectivity index (χ1v) is 11.1. The number of hydrogen-bond donors (Lipinski definition) is 1. The van der Waals surface area contributed by atoms with E-state index < -0.39 is 0 Å². The Morgan fingerprint density at radius 3 is 2.21 bits per heavy atom. The molecular weight excluding hydrogens is 424 g/mol. The van der Waals surface area contributed by atoms with Gasteiger partial charge in [0.05, 0.1) is 26.2 Å². The molecule has 3 amide bonds. The highest BCUT2D eigenvalue weighted by Crippen LogP contribution is 2.28. The van der Waals surface area contributed by atoms with Crippen LogP contribution in [0, 0.1) is 0 Å². The number of pyridine rings is 1. The number of nitrogens with zero attached hydrogens (tertiary/aromatic N) is 3. The largest absolute Gasteiger partial charge is 0.490 e. The molecule has 0 spiro atoms. The zero-order chi connectivity index (χ0) is 23.6. The Morgan fingerprint density at radius 2 is 1.58 bits per heavy atom. The van der Waals surface area contributed by atoms with Gasteiger partial charge >= 0.3 is 0 Å². The summed E-state index contributed by atoms with van der Waals surface area (Å²) in [5, 5.41) is 2.67. The number of carbonyl (C=O) groups excluding carboxylic acids is 3. The minimum absolute atomic E-state index is 0.00490. The van der Waals surface area contributed by atoms with Crippen LogP contribution in [-0.2, 0) is 16.0 Å². The second-order valence-corrected chi connectivity index (χ2v) is 7.47. The second kappa shape index (κ2) is 11.8. The molecule has 1 fully saturated rings. The third-order valence-corrected chi connectivity index (χ3v) is 5.25. The number of carbonyl (C=O) groups is 3. The Labute approximate surface area is 193 Å². The second-order valence-electron chi connectivity index (χ2n) is 7.47. The normalized spacial score (nSPS) is 13.4. The molecular formula is C24H30N4O5. The van der Waals surface area contributed by atoms with E-state index in [0.29, 0.717) is 56.5 Å². The van der Waals surface area contributed by atoms with E-state index in [-0.39, 0.29) is 30.7 Å². The molecule has 2 heterocycles. The molecule has 1 saturated heterocycles. The number of rotatable bonds is 9. The van der Waals surface area contributed by atoms with Crippen molar-refractivity contribution in [2.45, 2.75) is 20.3 Å². The summed E-state index contributed by atoms with van der Waals surface area (Å²) in [6.07, 6.45) is 1.91. The fourth-order valence-corrected chi connectivity index (χ4v) is 3.54. The van der Waals surface area contributed by atoms with Crippen molar-refractivity contribution in [3.05, 3.63) is 53.9 Å². The van der Waals surface area contributed by atoms with Crippen molar-refractivity contribution in [3.8, 4) is 11.5 Å². The van der Waals surface area contributed by atoms with Crippen LogP contribution in [0.2, 0.25) is 0 Å². The Balaban J connectivity index is 1.47. The SMILES string of the molecule is CCOc1ccc(C(=O)NCC(=O)N2CCN(C(=O)Cc3ccccn3)CC2)cc1OCC. The fourth-order valence-electron chi connectivity index (χ4n) is 3.54. The van der Waals surface area contributed by atoms with Gasteiger partial charge in [-0.25, -0.2) is 0 Å². The van der Waals surface area contributed by atoms with Gasteiger partial charge in [-0.15, -0.1) is 0 Å². The van der Waals surface area contributed by atoms with E-state index in [0.717, 1.165) is 5.69 Å². The van der Waals surface area contributed by atoms with Gasteiger partial charge in [-0.3, -0.25) is 19.4 Å². The molecule has 2 aromatic rings. The summed E-state index contributed by atoms with van der Waals surface area (Å²) in [4.78, 5) is 45.1. The van der Waals surface area contributed by atoms with Gasteiger partial charge in [0.2, 0.25) is 11.8 Å². The van der Waals surface area contributed by atoms with Crippen LogP contribution in [-0.4, -0.2) is 78.4 Å². The van der Waals surface area contributed by atoms with Crippen molar-refractivity contribution in [1.29, 1.82) is 0 Å². The summed E-state index contributed by atoms with van der Waals surface area (Å²) >= 11 is 0. The van der Waals surface area contributed by atoms with Gasteiger partial charge in [-0.2, -0.15) is 0 Å². The number of nitrogens with one attached hydrogen (secondary N) is 1. The number of hydrogen-bond acceptors (Lipinski definition) is 6. The van der Waals surface area contributed by atoms with Crippen molar-refractivity contribution in [1.82, 2.24) is 20.1 Å². The molecule has 1 aromatic heterocycles. The van der Waals surface area contributed by atoms with Crippen LogP contribution < -0.4 is 14.8 Å². The van der Waals surface area contributed by atoms with Crippen LogP contribution in [0.1, 0.15) is 29.9 Å². The fraction of sp³-hybridized carbons (Fsp3) is 0.417. The average molecular weight is 455 g/mol. The molecule has 1 aromatic carbocycles. The summed E-state index contributed by atoms with van der Waals surface area (Å²) in [6.45, 7) is 6.33. The van der Waals surface area contributed by atoms with Gasteiger partial charge in [0, 0.05) is 43.6 Å². The standard InChI is InChI=1S/C24H30N4O5/c1-3-32-20-9-8-18(15-21(20)33-4-2)24(31)26-17-23(30)28-13-11-27(12-14-28)22(29)16-19-7-5-6-10-25-19/h5-10,15H,3-4,11-14,16-17H2,1-2H3,(H,26,31). The van der Waals surface area contributed by atoms with E-state index >= 15 is 0 Å². The number of ether oxygens (including phenoxy) is 2. The number of aromatic nitrogens is 1. The molecule has 0 aliphatic carbocycles. The lowest BCUT2D eigenvalue weighted by atomic mass is 10.2. The monoisotopic (exact) mass is 454 g/mol. The van der Waals surface area contributed by atoms with Crippen LogP contribution in [0.5, 0.6) is 11.5 Å². The van der Waals surface area contributed by atoms with E-state index in [1.54, 1.807) is 34.2 Å². The minimum atomic E-state index is -0.364. The highest BCUT2D eigenvalue weighted by molar-refractivity contribution is 5.97. The Kier molecular flexibility index (Phi) is 8.63. The molecule has 176 valence electrons. The van der Waals surface area contributed by atoms with Crippen molar-refractivity contribution in [3.63, 3.8) is 0 Å². The highest BCUT2D eigenvalue weighted by Gasteiger charge is 2.24. The predicted molar refractivity (Wildman–Crippen MR) is 122 cm³/mol. The van der Waals surface area contributed by atoms with Crippen LogP contribution in [0.15, 0.2) is 42.6 Å². The Bertz CT molecular complexity index is 959. The number of benzene rings is 1. The summed E-state index contributed by atoms with van der Waals surface area (Å²) < 4.78 is 11.1. The molecule has 9 nitrogen and oxygen atoms in total. The summed E-state index contributed by atoms with van der Waals surface area (Å²) in [7, 11) is 0. The quantitative estimate of drug-likeness (QED) is 0.617. The number of piperazine rings is 1. The molecule has 9 heteroatoms. The molecule has 0 radical (unpaired) electrons. The van der Waals surface area contributed by atoms with E-state index in [4.69, 9.17) is 9.47 Å². The molecule has 0 saturated carbocycles. The smallest absolute Gasteiger partial charge is 0.251 e. The minimum Gasteiger partial charge on any atom is -0.490 e. The molecule has 0 bridgehead atoms. The molecule has 3 rings (SSSR count). The van der Waals surface area contributed by atoms with Crippen LogP contribution in [0.25, 0.3) is 0 Å². The predicted octanol–water partition coefficient (Wildman–Crippen LogP) is 1.52. The zero-order valence-corrected chi connectivity index (χ0v) is 19.1. The molecule has 1 N–H and O–H groups in total. The van der Waals surface area contributed by atoms with Crippen molar-refractivity contribution < 1.29 is 23.9 Å². The van der Waals surface area contributed by atoms with Crippen molar-refractivity contribution in [2.75, 3.05) is 45.9 Å². The van der Waals surface area contributed by atoms with Gasteiger partial charge in [-0.1, -0.05) is 6.07 Å². The lowest BCUT2D eigenvalue weighted by Crippen LogP contribution is -2.52. The number of amides is 3. The van der Waals surface area contributed by atoms with Crippen LogP contribution in [0.3, 0.4) is 0 Å².